The van der Waals surface area contributed by atoms with E-state index in [2.05, 4.69) is 46.9 Å². The van der Waals surface area contributed by atoms with Gasteiger partial charge >= 0.3 is 11.9 Å². The predicted molar refractivity (Wildman–Crippen MR) is 289 cm³/mol. The Morgan fingerprint density at radius 3 is 2.00 bits per heavy atom. The minimum atomic E-state index is -1.41. The number of hydrogen-bond acceptors (Lipinski definition) is 13. The van der Waals surface area contributed by atoms with Crippen molar-refractivity contribution in [3.8, 4) is 11.5 Å². The Labute approximate surface area is 457 Å². The Morgan fingerprint density at radius 2 is 1.37 bits per heavy atom. The molecule has 0 saturated carbocycles. The van der Waals surface area contributed by atoms with Crippen molar-refractivity contribution in [3.05, 3.63) is 114 Å². The molecule has 2 heterocycles. The molecular weight excluding hydrogens is 1020 g/mol. The largest absolute Gasteiger partial charge is 0.508 e. The summed E-state index contributed by atoms with van der Waals surface area (Å²) in [7, 11) is 0. The SMILES string of the molecule is CC[C@H](C)[C@H](NC(=O)[C@H](Cc1ccc(O)cc1)NC(=O)[C@@H](NC(=O)[C@H](CCCN=C(N)N)NC(=O)c1ccccc1OC(C)=O)C(C)C)C(=O)N[C@@H](Cc1cnc[nH]1)C(=O)N1CCC[C@H]1C(=O)N[C@@H](Cc1ccccc1)C(=O)O. The molecule has 0 unspecified atom stereocenters. The standard InChI is InChI=1S/C55H72N12O12/c1-6-32(4)46(52(75)63-41(28-36-29-58-30-60-36)53(76)67-25-13-18-43(67)50(73)64-42(54(77)78)27-34-14-8-7-9-15-34)66-49(72)40(26-35-20-22-37(69)23-21-35)62-51(74)45(31(2)3)65-48(71)39(17-12-24-59-55(56)57)61-47(70)38-16-10-11-19-44(38)79-33(5)68/h7-11,14-16,19-23,29-32,39-43,45-46,69H,6,12-13,17-18,24-28H2,1-5H3,(H,58,60)(H,61,70)(H,62,74)(H,63,75)(H,64,73)(H,65,71)(H,66,72)(H,77,78)(H4,56,57,59)/t32-,39-,40-,41-,42-,43-,45-,46-/m0/s1. The average Bonchev–Trinajstić information content (AvgIpc) is 4.15. The fourth-order valence-corrected chi connectivity index (χ4v) is 8.89. The number of aromatic amines is 1. The number of nitrogens with one attached hydrogen (secondary N) is 7. The molecule has 24 heteroatoms. The molecule has 5 rings (SSSR count). The molecule has 1 aliphatic rings. The molecule has 8 atom stereocenters. The van der Waals surface area contributed by atoms with Crippen molar-refractivity contribution >= 4 is 59.2 Å². The molecule has 1 fully saturated rings. The highest BCUT2D eigenvalue weighted by Gasteiger charge is 2.41. The van der Waals surface area contributed by atoms with Crippen LogP contribution in [0.3, 0.4) is 0 Å². The summed E-state index contributed by atoms with van der Waals surface area (Å²) < 4.78 is 5.21. The van der Waals surface area contributed by atoms with Crippen LogP contribution in [0, 0.1) is 11.8 Å². The number of carboxylic acids is 1. The number of aromatic nitrogens is 2. The van der Waals surface area contributed by atoms with Gasteiger partial charge in [0.25, 0.3) is 5.91 Å². The van der Waals surface area contributed by atoms with Crippen LogP contribution >= 0.6 is 0 Å². The number of nitrogens with two attached hydrogens (primary N) is 2. The summed E-state index contributed by atoms with van der Waals surface area (Å²) in [6, 6.07) is 11.6. The monoisotopic (exact) mass is 1090 g/mol. The van der Waals surface area contributed by atoms with Gasteiger partial charge in [-0.15, -0.1) is 0 Å². The highest BCUT2D eigenvalue weighted by molar-refractivity contribution is 6.01. The molecule has 424 valence electrons. The van der Waals surface area contributed by atoms with E-state index in [1.165, 1.54) is 48.6 Å². The zero-order valence-corrected chi connectivity index (χ0v) is 44.9. The van der Waals surface area contributed by atoms with Gasteiger partial charge in [0, 0.05) is 51.2 Å². The first-order valence-electron chi connectivity index (χ1n) is 26.1. The number of esters is 1. The lowest BCUT2D eigenvalue weighted by Gasteiger charge is -2.32. The van der Waals surface area contributed by atoms with E-state index in [1.807, 2.05) is 0 Å². The van der Waals surface area contributed by atoms with E-state index in [9.17, 15) is 53.4 Å². The van der Waals surface area contributed by atoms with Crippen molar-refractivity contribution in [1.82, 2.24) is 46.8 Å². The molecule has 24 nitrogen and oxygen atoms in total. The number of phenols is 1. The molecule has 3 aromatic carbocycles. The van der Waals surface area contributed by atoms with Crippen molar-refractivity contribution in [2.75, 3.05) is 13.1 Å². The quantitative estimate of drug-likeness (QED) is 0.0125. The van der Waals surface area contributed by atoms with Gasteiger partial charge in [0.05, 0.1) is 11.9 Å². The lowest BCUT2D eigenvalue weighted by Crippen LogP contribution is -2.62. The average molecular weight is 1090 g/mol. The van der Waals surface area contributed by atoms with Gasteiger partial charge in [0.2, 0.25) is 35.4 Å². The van der Waals surface area contributed by atoms with Crippen LogP contribution < -0.4 is 48.1 Å². The number of ether oxygens (including phenoxy) is 1. The van der Waals surface area contributed by atoms with Gasteiger partial charge in [0.1, 0.15) is 53.8 Å². The summed E-state index contributed by atoms with van der Waals surface area (Å²) >= 11 is 0. The zero-order valence-electron chi connectivity index (χ0n) is 44.9. The molecule has 0 radical (unpaired) electrons. The van der Waals surface area contributed by atoms with Crippen molar-refractivity contribution < 1.29 is 58.1 Å². The van der Waals surface area contributed by atoms with E-state index in [-0.39, 0.29) is 74.6 Å². The molecule has 0 bridgehead atoms. The van der Waals surface area contributed by atoms with Crippen LogP contribution in [0.5, 0.6) is 11.5 Å². The Hall–Kier alpha value is -8.83. The first-order valence-corrected chi connectivity index (χ1v) is 26.1. The summed E-state index contributed by atoms with van der Waals surface area (Å²) in [6.07, 6.45) is 3.80. The molecule has 13 N–H and O–H groups in total. The molecule has 79 heavy (non-hydrogen) atoms. The summed E-state index contributed by atoms with van der Waals surface area (Å²) in [6.45, 7) is 8.21. The second-order valence-electron chi connectivity index (χ2n) is 19.7. The number of carbonyl (C=O) groups is 9. The molecule has 1 aromatic heterocycles. The Morgan fingerprint density at radius 1 is 0.747 bits per heavy atom. The molecule has 0 spiro atoms. The van der Waals surface area contributed by atoms with E-state index in [1.54, 1.807) is 82.3 Å². The van der Waals surface area contributed by atoms with Gasteiger partial charge in [-0.25, -0.2) is 9.78 Å². The van der Waals surface area contributed by atoms with Gasteiger partial charge < -0.3 is 68.2 Å². The van der Waals surface area contributed by atoms with Gasteiger partial charge in [-0.2, -0.15) is 0 Å². The summed E-state index contributed by atoms with van der Waals surface area (Å²) in [5.41, 5.74) is 12.6. The number of aliphatic carboxylic acids is 1. The minimum absolute atomic E-state index is 0.00149. The molecule has 4 aromatic rings. The predicted octanol–water partition coefficient (Wildman–Crippen LogP) is 1.12. The number of H-pyrrole nitrogens is 1. The number of hydrogen-bond donors (Lipinski definition) is 11. The number of aromatic hydroxyl groups is 1. The van der Waals surface area contributed by atoms with E-state index in [4.69, 9.17) is 16.2 Å². The number of carboxylic acid groups (broad SMARTS) is 1. The summed E-state index contributed by atoms with van der Waals surface area (Å²) in [5.74, 6) is -8.64. The molecule has 0 aliphatic carbocycles. The zero-order chi connectivity index (χ0) is 57.8. The van der Waals surface area contributed by atoms with Crippen molar-refractivity contribution in [1.29, 1.82) is 0 Å². The molecule has 7 amide bonds. The maximum Gasteiger partial charge on any atom is 0.326 e. The second-order valence-corrected chi connectivity index (χ2v) is 19.7. The van der Waals surface area contributed by atoms with Crippen molar-refractivity contribution in [3.63, 3.8) is 0 Å². The maximum absolute atomic E-state index is 14.7. The van der Waals surface area contributed by atoms with E-state index < -0.39 is 107 Å². The van der Waals surface area contributed by atoms with Crippen LogP contribution in [0.1, 0.15) is 93.9 Å². The van der Waals surface area contributed by atoms with Gasteiger partial charge in [-0.3, -0.25) is 43.3 Å². The highest BCUT2D eigenvalue weighted by atomic mass is 16.5. The third kappa shape index (κ3) is 18.4. The number of imidazole rings is 1. The van der Waals surface area contributed by atoms with E-state index in [0.29, 0.717) is 29.7 Å². The third-order valence-electron chi connectivity index (χ3n) is 13.3. The van der Waals surface area contributed by atoms with E-state index >= 15 is 0 Å². The normalized spacial score (nSPS) is 15.6. The minimum Gasteiger partial charge on any atom is -0.508 e. The Balaban J connectivity index is 1.38. The fraction of sp³-hybridized carbons (Fsp3) is 0.436. The lowest BCUT2D eigenvalue weighted by atomic mass is 9.96. The number of para-hydroxylation sites is 1. The van der Waals surface area contributed by atoms with Crippen LogP contribution in [-0.2, 0) is 57.6 Å². The van der Waals surface area contributed by atoms with Crippen LogP contribution in [0.4, 0.5) is 0 Å². The summed E-state index contributed by atoms with van der Waals surface area (Å²) in [4.78, 5) is 136. The number of benzene rings is 3. The fourth-order valence-electron chi connectivity index (χ4n) is 8.89. The number of rotatable bonds is 28. The van der Waals surface area contributed by atoms with Crippen LogP contribution in [0.15, 0.2) is 96.4 Å². The highest BCUT2D eigenvalue weighted by Crippen LogP contribution is 2.22. The van der Waals surface area contributed by atoms with Crippen LogP contribution in [0.25, 0.3) is 0 Å². The molecular formula is C55H72N12O12. The topological polar surface area (TPSA) is 372 Å². The van der Waals surface area contributed by atoms with E-state index in [0.717, 1.165) is 0 Å². The van der Waals surface area contributed by atoms with Gasteiger partial charge in [-0.05, 0) is 72.9 Å². The number of carbonyl (C=O) groups excluding carboxylic acids is 8. The maximum atomic E-state index is 14.7. The number of nitrogens with zero attached hydrogens (tertiary/aromatic N) is 3. The Kier molecular flexibility index (Phi) is 22.9. The molecule has 1 saturated heterocycles. The second kappa shape index (κ2) is 29.6. The number of aliphatic imine (C=N–C) groups is 1. The number of likely N-dealkylation sites (tertiary alicyclic amines) is 1. The number of amides is 7. The summed E-state index contributed by atoms with van der Waals surface area (Å²) in [5, 5.41) is 36.4. The van der Waals surface area contributed by atoms with Gasteiger partial charge in [0.15, 0.2) is 5.96 Å². The first-order chi connectivity index (χ1) is 37.6. The van der Waals surface area contributed by atoms with Crippen molar-refractivity contribution in [2.24, 2.45) is 28.3 Å². The molecule has 1 aliphatic heterocycles. The van der Waals surface area contributed by atoms with Crippen molar-refractivity contribution in [2.45, 2.75) is 128 Å². The number of phenolic OH excluding ortho intramolecular Hbond substituents is 1. The Bertz CT molecular complexity index is 2770. The van der Waals surface area contributed by atoms with Gasteiger partial charge in [-0.1, -0.05) is 88.7 Å². The lowest BCUT2D eigenvalue weighted by molar-refractivity contribution is -0.145. The van der Waals surface area contributed by atoms with Crippen LogP contribution in [-0.4, -0.2) is 140 Å². The van der Waals surface area contributed by atoms with Crippen LogP contribution in [0.2, 0.25) is 0 Å². The third-order valence-corrected chi connectivity index (χ3v) is 13.3. The smallest absolute Gasteiger partial charge is 0.326 e. The first kappa shape index (κ1) is 61.0. The number of guanidine groups is 1.